The zero-order valence-electron chi connectivity index (χ0n) is 58.0. The Labute approximate surface area is 600 Å². The summed E-state index contributed by atoms with van der Waals surface area (Å²) in [5, 5.41) is 19.3. The second kappa shape index (κ2) is 31.0. The maximum Gasteiger partial charge on any atom is 0.251 e. The summed E-state index contributed by atoms with van der Waals surface area (Å²) in [6.07, 6.45) is 22.6. The van der Waals surface area contributed by atoms with Gasteiger partial charge in [-0.1, -0.05) is 56.5 Å². The number of rotatable bonds is 17. The van der Waals surface area contributed by atoms with Gasteiger partial charge in [0.05, 0.1) is 34.1 Å². The van der Waals surface area contributed by atoms with Gasteiger partial charge in [-0.15, -0.1) is 0 Å². The maximum atomic E-state index is 12.7. The minimum atomic E-state index is -0.148. The molecule has 1 aliphatic carbocycles. The first kappa shape index (κ1) is 68.3. The van der Waals surface area contributed by atoms with Crippen molar-refractivity contribution in [3.8, 4) is 33.8 Å². The van der Waals surface area contributed by atoms with Gasteiger partial charge in [-0.25, -0.2) is 15.0 Å². The molecule has 104 heavy (non-hydrogen) atoms. The monoisotopic (exact) mass is 1380 g/mol. The number of carbonyl (C=O) groups excluding carboxylic acids is 4. The third-order valence-electron chi connectivity index (χ3n) is 19.4. The molecular weight excluding hydrogens is 1310 g/mol. The second-order valence-electron chi connectivity index (χ2n) is 26.4. The zero-order valence-corrected chi connectivity index (χ0v) is 58.0. The van der Waals surface area contributed by atoms with E-state index in [0.29, 0.717) is 42.6 Å². The van der Waals surface area contributed by atoms with Crippen molar-refractivity contribution in [2.75, 3.05) is 48.0 Å². The number of anilines is 7. The molecule has 13 aromatic rings. The highest BCUT2D eigenvalue weighted by molar-refractivity contribution is 5.99. The molecule has 22 nitrogen and oxygen atoms in total. The number of hydrogen-bond donors (Lipinski definition) is 8. The molecule has 0 unspecified atom stereocenters. The summed E-state index contributed by atoms with van der Waals surface area (Å²) in [7, 11) is 4.00. The number of benzene rings is 5. The van der Waals surface area contributed by atoms with E-state index in [2.05, 4.69) is 87.2 Å². The second-order valence-corrected chi connectivity index (χ2v) is 26.4. The van der Waals surface area contributed by atoms with Crippen LogP contribution in [0.2, 0.25) is 0 Å². The molecule has 2 fully saturated rings. The van der Waals surface area contributed by atoms with E-state index in [0.717, 1.165) is 146 Å². The molecule has 1 saturated heterocycles. The molecule has 2 aliphatic heterocycles. The van der Waals surface area contributed by atoms with Crippen LogP contribution in [0.5, 0.6) is 0 Å². The standard InChI is InChI=1S/C31H28N6O2.C26H27N5O2.C25H25N5O2/c1-36(2)25-10-3-20(4-11-25)18-33-30(38)21-5-8-24(9-6-21)35-27-13-14-28(37-16-15-32-29(27)37)22-7-12-26-23(17-22)19-34-31(26)39;1-2-25(33)30-14-10-19(11-15-30)18-3-5-21(6-4-18)29-22-7-8-23(31-16-13-28-26(22)31)20-9-12-27-24(32)17-20;31-23-16-18(12-13-26-23)22-11-10-21(24-27-14-15-30(22)24)28-20-8-6-17(7-9-20)25(32)29-19-4-2-1-3-5-19/h3-17,35H,18-19H2,1-2H3,(H,33,38)(H,34,39);3-9,12-13,16-17,19,29H,2,10-11,14-15H2,1H3,(H,27,32);6-16,19,28H,1-5H2,(H,26,31)(H,29,32). The van der Waals surface area contributed by atoms with Crippen molar-refractivity contribution in [3.63, 3.8) is 0 Å². The van der Waals surface area contributed by atoms with E-state index in [1.165, 1.54) is 24.8 Å². The summed E-state index contributed by atoms with van der Waals surface area (Å²) in [5.41, 5.74) is 19.3. The van der Waals surface area contributed by atoms with Crippen LogP contribution < -0.4 is 47.9 Å². The molecule has 0 spiro atoms. The first-order valence-corrected chi connectivity index (χ1v) is 35.2. The highest BCUT2D eigenvalue weighted by atomic mass is 16.2. The van der Waals surface area contributed by atoms with Gasteiger partial charge in [-0.3, -0.25) is 42.0 Å². The van der Waals surface area contributed by atoms with Gasteiger partial charge in [0, 0.05) is 165 Å². The van der Waals surface area contributed by atoms with E-state index < -0.39 is 0 Å². The van der Waals surface area contributed by atoms with Crippen LogP contribution in [0.3, 0.4) is 0 Å². The minimum absolute atomic E-state index is 0.0127. The molecule has 0 bridgehead atoms. The Kier molecular flexibility index (Phi) is 20.3. The summed E-state index contributed by atoms with van der Waals surface area (Å²) >= 11 is 0. The predicted molar refractivity (Wildman–Crippen MR) is 409 cm³/mol. The van der Waals surface area contributed by atoms with Crippen molar-refractivity contribution in [3.05, 3.63) is 280 Å². The Balaban J connectivity index is 0.000000132. The van der Waals surface area contributed by atoms with Crippen LogP contribution in [0.25, 0.3) is 50.7 Å². The van der Waals surface area contributed by atoms with E-state index in [1.54, 1.807) is 43.1 Å². The van der Waals surface area contributed by atoms with Gasteiger partial charge in [0.1, 0.15) is 0 Å². The van der Waals surface area contributed by atoms with Crippen LogP contribution in [0, 0.1) is 0 Å². The number of H-pyrrole nitrogens is 2. The summed E-state index contributed by atoms with van der Waals surface area (Å²) in [4.78, 5) is 95.4. The van der Waals surface area contributed by atoms with Gasteiger partial charge < -0.3 is 51.7 Å². The smallest absolute Gasteiger partial charge is 0.251 e. The average Bonchev–Trinajstić information content (AvgIpc) is 1.57. The normalized spacial score (nSPS) is 13.6. The van der Waals surface area contributed by atoms with E-state index in [4.69, 9.17) is 0 Å². The Morgan fingerprint density at radius 2 is 1.00 bits per heavy atom. The van der Waals surface area contributed by atoms with Gasteiger partial charge in [0.25, 0.3) is 17.7 Å². The summed E-state index contributed by atoms with van der Waals surface area (Å²) in [6.45, 7) is 4.62. The number of hydrogen-bond acceptors (Lipinski definition) is 13. The van der Waals surface area contributed by atoms with Crippen molar-refractivity contribution < 1.29 is 19.2 Å². The topological polar surface area (TPSA) is 265 Å². The highest BCUT2D eigenvalue weighted by Crippen LogP contribution is 2.34. The number of amides is 4. The molecule has 1 saturated carbocycles. The fourth-order valence-corrected chi connectivity index (χ4v) is 13.8. The maximum absolute atomic E-state index is 12.7. The fourth-order valence-electron chi connectivity index (χ4n) is 13.8. The molecule has 16 rings (SSSR count). The molecule has 3 aliphatic rings. The molecule has 10 heterocycles. The molecule has 0 atom stereocenters. The van der Waals surface area contributed by atoms with Crippen LogP contribution in [0.15, 0.2) is 235 Å². The Bertz CT molecular complexity index is 5370. The predicted octanol–water partition coefficient (Wildman–Crippen LogP) is 14.0. The number of fused-ring (bicyclic) bond motifs is 4. The van der Waals surface area contributed by atoms with Gasteiger partial charge in [0.15, 0.2) is 16.9 Å². The summed E-state index contributed by atoms with van der Waals surface area (Å²) < 4.78 is 5.96. The first-order chi connectivity index (χ1) is 50.7. The van der Waals surface area contributed by atoms with Crippen LogP contribution in [-0.4, -0.2) is 99.9 Å². The number of aromatic nitrogens is 8. The molecule has 22 heteroatoms. The Hall–Kier alpha value is -12.9. The van der Waals surface area contributed by atoms with Gasteiger partial charge in [0.2, 0.25) is 17.0 Å². The molecule has 5 aromatic carbocycles. The third-order valence-corrected chi connectivity index (χ3v) is 19.4. The van der Waals surface area contributed by atoms with Crippen LogP contribution in [0.1, 0.15) is 112 Å². The minimum Gasteiger partial charge on any atom is -0.378 e. The van der Waals surface area contributed by atoms with Gasteiger partial charge in [-0.05, 0) is 187 Å². The fraction of sp³-hybridized carbons (Fsp3) is 0.207. The number of pyridine rings is 5. The number of imidazole rings is 3. The number of nitrogens with one attached hydrogen (secondary N) is 8. The first-order valence-electron chi connectivity index (χ1n) is 35.2. The lowest BCUT2D eigenvalue weighted by molar-refractivity contribution is -0.131. The van der Waals surface area contributed by atoms with Crippen LogP contribution in [-0.2, 0) is 17.9 Å². The van der Waals surface area contributed by atoms with E-state index in [9.17, 15) is 28.8 Å². The quantitative estimate of drug-likeness (QED) is 0.0422. The van der Waals surface area contributed by atoms with Crippen molar-refractivity contribution in [2.24, 2.45) is 0 Å². The number of nitrogens with zero attached hydrogens (tertiary/aromatic N) is 8. The summed E-state index contributed by atoms with van der Waals surface area (Å²) in [5.74, 6) is 0.587. The number of piperidine rings is 1. The average molecular weight is 1390 g/mol. The zero-order chi connectivity index (χ0) is 71.6. The van der Waals surface area contributed by atoms with Gasteiger partial charge >= 0.3 is 0 Å². The van der Waals surface area contributed by atoms with Crippen LogP contribution in [0.4, 0.5) is 39.8 Å². The van der Waals surface area contributed by atoms with Crippen molar-refractivity contribution in [1.29, 1.82) is 0 Å². The SMILES string of the molecule is CCC(=O)N1CCC(c2ccc(Nc3ccc(-c4cc[nH]c(=O)c4)n4ccnc34)cc2)CC1.CN(C)c1ccc(CNC(=O)c2ccc(Nc3ccc(-c4ccc5c(c4)CNC5=O)n4ccnc34)cc2)cc1.O=C(NC1CCCCC1)c1ccc(Nc2ccc(-c3cc[nH]c(=O)c3)n3ccnc23)cc1. The molecule has 524 valence electrons. The third kappa shape index (κ3) is 15.5. The van der Waals surface area contributed by atoms with E-state index in [-0.39, 0.29) is 34.7 Å². The molecule has 0 radical (unpaired) electrons. The van der Waals surface area contributed by atoms with E-state index >= 15 is 0 Å². The lowest BCUT2D eigenvalue weighted by atomic mass is 9.89. The Morgan fingerprint density at radius 3 is 1.48 bits per heavy atom. The molecule has 8 N–H and O–H groups in total. The van der Waals surface area contributed by atoms with Gasteiger partial charge in [-0.2, -0.15) is 0 Å². The van der Waals surface area contributed by atoms with Crippen LogP contribution >= 0.6 is 0 Å². The van der Waals surface area contributed by atoms with Crippen molar-refractivity contribution in [1.82, 2.24) is 59.0 Å². The Morgan fingerprint density at radius 1 is 0.519 bits per heavy atom. The number of likely N-dealkylation sites (tertiary alicyclic amines) is 1. The highest BCUT2D eigenvalue weighted by Gasteiger charge is 2.25. The molecule has 8 aromatic heterocycles. The van der Waals surface area contributed by atoms with Crippen molar-refractivity contribution in [2.45, 2.75) is 83.3 Å². The molecule has 4 amide bonds. The lowest BCUT2D eigenvalue weighted by Gasteiger charge is -2.32. The van der Waals surface area contributed by atoms with E-state index in [1.807, 2.05) is 196 Å². The lowest BCUT2D eigenvalue weighted by Crippen LogP contribution is -2.37. The molecular formula is C82H80N16O6. The van der Waals surface area contributed by atoms with Crippen molar-refractivity contribution >= 4 is 80.4 Å². The summed E-state index contributed by atoms with van der Waals surface area (Å²) in [6, 6.07) is 56.6. The largest absolute Gasteiger partial charge is 0.378 e. The number of aromatic amines is 2. The number of carbonyl (C=O) groups is 4.